The van der Waals surface area contributed by atoms with Gasteiger partial charge in [-0.1, -0.05) is 54.6 Å². The normalized spacial score (nSPS) is 18.7. The summed E-state index contributed by atoms with van der Waals surface area (Å²) in [4.78, 5) is 0. The molecule has 1 fully saturated rings. The Morgan fingerprint density at radius 1 is 0.806 bits per heavy atom. The summed E-state index contributed by atoms with van der Waals surface area (Å²) in [6.07, 6.45) is 0.345. The van der Waals surface area contributed by atoms with Gasteiger partial charge in [0, 0.05) is 12.6 Å². The van der Waals surface area contributed by atoms with Crippen molar-refractivity contribution in [2.24, 2.45) is 0 Å². The minimum absolute atomic E-state index is 0.0922. The Labute approximate surface area is 183 Å². The van der Waals surface area contributed by atoms with Gasteiger partial charge in [-0.2, -0.15) is 0 Å². The van der Waals surface area contributed by atoms with Crippen LogP contribution in [0.5, 0.6) is 11.5 Å². The lowest BCUT2D eigenvalue weighted by Crippen LogP contribution is -2.38. The number of β-amino-alcohol motifs (C(OH)–C–C–N with tert-alkyl or cyclic N) is 1. The third-order valence-corrected chi connectivity index (χ3v) is 5.87. The van der Waals surface area contributed by atoms with Gasteiger partial charge in [-0.25, -0.2) is 0 Å². The van der Waals surface area contributed by atoms with Gasteiger partial charge in [-0.15, -0.1) is 0 Å². The molecular weight excluding hydrogens is 390 g/mol. The molecule has 2 atom stereocenters. The van der Waals surface area contributed by atoms with Crippen molar-refractivity contribution in [3.8, 4) is 11.5 Å². The van der Waals surface area contributed by atoms with Crippen molar-refractivity contribution in [2.75, 3.05) is 27.4 Å². The lowest BCUT2D eigenvalue weighted by atomic mass is 9.80. The lowest BCUT2D eigenvalue weighted by Gasteiger charge is -2.37. The van der Waals surface area contributed by atoms with Crippen LogP contribution in [0.25, 0.3) is 0 Å². The van der Waals surface area contributed by atoms with E-state index in [1.54, 1.807) is 14.2 Å². The Morgan fingerprint density at radius 2 is 1.32 bits per heavy atom. The molecular formula is C26H29NO4. The second kappa shape index (κ2) is 9.52. The maximum absolute atomic E-state index is 9.95. The minimum atomic E-state index is -0.824. The van der Waals surface area contributed by atoms with Crippen LogP contribution in [0.2, 0.25) is 0 Å². The van der Waals surface area contributed by atoms with E-state index in [-0.39, 0.29) is 12.1 Å². The standard InChI is InChI=1S/C26H29NO4/c1-29-24-12-8-20(9-13-24)26(19-6-4-3-5-7-19,21-10-14-25(30-2)15-11-21)31-18-22-16-23(28)17-27-22/h3-15,22-23,27-28H,16-18H2,1-2H3/t22?,23-/m1/s1. The highest BCUT2D eigenvalue weighted by atomic mass is 16.5. The van der Waals surface area contributed by atoms with E-state index in [4.69, 9.17) is 14.2 Å². The Morgan fingerprint density at radius 3 is 1.77 bits per heavy atom. The highest BCUT2D eigenvalue weighted by Crippen LogP contribution is 2.41. The van der Waals surface area contributed by atoms with Gasteiger partial charge in [-0.3, -0.25) is 0 Å². The number of methoxy groups -OCH3 is 2. The van der Waals surface area contributed by atoms with E-state index in [0.29, 0.717) is 19.6 Å². The van der Waals surface area contributed by atoms with Crippen LogP contribution in [-0.2, 0) is 10.3 Å². The molecule has 31 heavy (non-hydrogen) atoms. The molecule has 1 unspecified atom stereocenters. The first-order valence-electron chi connectivity index (χ1n) is 10.6. The second-order valence-corrected chi connectivity index (χ2v) is 7.81. The van der Waals surface area contributed by atoms with Gasteiger partial charge in [-0.05, 0) is 47.4 Å². The molecule has 2 N–H and O–H groups in total. The number of benzene rings is 3. The third kappa shape index (κ3) is 4.44. The van der Waals surface area contributed by atoms with Crippen molar-refractivity contribution >= 4 is 0 Å². The van der Waals surface area contributed by atoms with Crippen molar-refractivity contribution in [2.45, 2.75) is 24.2 Å². The molecule has 1 aliphatic rings. The number of aliphatic hydroxyl groups excluding tert-OH is 1. The number of aliphatic hydroxyl groups is 1. The van der Waals surface area contributed by atoms with E-state index >= 15 is 0 Å². The fourth-order valence-corrected chi connectivity index (χ4v) is 4.22. The monoisotopic (exact) mass is 419 g/mol. The Bertz CT molecular complexity index is 909. The Kier molecular flexibility index (Phi) is 6.56. The predicted molar refractivity (Wildman–Crippen MR) is 121 cm³/mol. The summed E-state index contributed by atoms with van der Waals surface area (Å²) in [7, 11) is 3.33. The van der Waals surface area contributed by atoms with Crippen LogP contribution < -0.4 is 14.8 Å². The van der Waals surface area contributed by atoms with Gasteiger partial charge in [0.25, 0.3) is 0 Å². The van der Waals surface area contributed by atoms with E-state index < -0.39 is 5.60 Å². The SMILES string of the molecule is COc1ccc(C(OCC2C[C@@H](O)CN2)(c2ccccc2)c2ccc(OC)cc2)cc1. The zero-order valence-electron chi connectivity index (χ0n) is 18.0. The van der Waals surface area contributed by atoms with Crippen molar-refractivity contribution < 1.29 is 19.3 Å². The summed E-state index contributed by atoms with van der Waals surface area (Å²) < 4.78 is 17.6. The largest absolute Gasteiger partial charge is 0.497 e. The van der Waals surface area contributed by atoms with Crippen LogP contribution in [-0.4, -0.2) is 44.6 Å². The van der Waals surface area contributed by atoms with Gasteiger partial charge in [0.05, 0.1) is 26.9 Å². The van der Waals surface area contributed by atoms with Gasteiger partial charge in [0.1, 0.15) is 17.1 Å². The number of ether oxygens (including phenoxy) is 3. The molecule has 0 saturated carbocycles. The molecule has 3 aromatic carbocycles. The van der Waals surface area contributed by atoms with Gasteiger partial charge in [0.2, 0.25) is 0 Å². The molecule has 3 aromatic rings. The summed E-state index contributed by atoms with van der Waals surface area (Å²) in [5.74, 6) is 1.59. The molecule has 1 saturated heterocycles. The molecule has 0 aromatic heterocycles. The van der Waals surface area contributed by atoms with Gasteiger partial charge >= 0.3 is 0 Å². The van der Waals surface area contributed by atoms with Crippen molar-refractivity contribution in [3.05, 3.63) is 95.6 Å². The molecule has 0 spiro atoms. The Hall–Kier alpha value is -2.86. The molecule has 162 valence electrons. The minimum Gasteiger partial charge on any atom is -0.497 e. The summed E-state index contributed by atoms with van der Waals surface area (Å²) in [6, 6.07) is 26.3. The molecule has 5 nitrogen and oxygen atoms in total. The summed E-state index contributed by atoms with van der Waals surface area (Å²) in [6.45, 7) is 1.06. The number of hydrogen-bond acceptors (Lipinski definition) is 5. The van der Waals surface area contributed by atoms with Crippen molar-refractivity contribution in [1.29, 1.82) is 0 Å². The summed E-state index contributed by atoms with van der Waals surface area (Å²) in [5, 5.41) is 13.3. The maximum Gasteiger partial charge on any atom is 0.143 e. The lowest BCUT2D eigenvalue weighted by molar-refractivity contribution is 0.00120. The third-order valence-electron chi connectivity index (χ3n) is 5.87. The van der Waals surface area contributed by atoms with E-state index in [9.17, 15) is 5.11 Å². The van der Waals surface area contributed by atoms with E-state index in [2.05, 4.69) is 17.4 Å². The summed E-state index contributed by atoms with van der Waals surface area (Å²) >= 11 is 0. The number of nitrogens with one attached hydrogen (secondary N) is 1. The van der Waals surface area contributed by atoms with Crippen molar-refractivity contribution in [1.82, 2.24) is 5.32 Å². The van der Waals surface area contributed by atoms with Gasteiger partial charge in [0.15, 0.2) is 0 Å². The molecule has 4 rings (SSSR count). The van der Waals surface area contributed by atoms with Crippen molar-refractivity contribution in [3.63, 3.8) is 0 Å². The van der Waals surface area contributed by atoms with Crippen LogP contribution in [0.1, 0.15) is 23.1 Å². The average Bonchev–Trinajstić information content (AvgIpc) is 3.26. The van der Waals surface area contributed by atoms with E-state index in [0.717, 1.165) is 28.2 Å². The first-order valence-corrected chi connectivity index (χ1v) is 10.6. The molecule has 0 amide bonds. The Balaban J connectivity index is 1.83. The maximum atomic E-state index is 9.95. The van der Waals surface area contributed by atoms with Crippen LogP contribution in [0, 0.1) is 0 Å². The highest BCUT2D eigenvalue weighted by molar-refractivity contribution is 5.49. The molecule has 0 radical (unpaired) electrons. The van der Waals surface area contributed by atoms with Crippen LogP contribution >= 0.6 is 0 Å². The van der Waals surface area contributed by atoms with Crippen LogP contribution in [0.3, 0.4) is 0 Å². The highest BCUT2D eigenvalue weighted by Gasteiger charge is 2.39. The quantitative estimate of drug-likeness (QED) is 0.545. The second-order valence-electron chi connectivity index (χ2n) is 7.81. The number of hydrogen-bond donors (Lipinski definition) is 2. The first kappa shape index (κ1) is 21.4. The van der Waals surface area contributed by atoms with Gasteiger partial charge < -0.3 is 24.6 Å². The molecule has 0 aliphatic carbocycles. The topological polar surface area (TPSA) is 60.0 Å². The predicted octanol–water partition coefficient (Wildman–Crippen LogP) is 3.74. The molecule has 1 aliphatic heterocycles. The fourth-order valence-electron chi connectivity index (χ4n) is 4.22. The smallest absolute Gasteiger partial charge is 0.143 e. The zero-order chi connectivity index (χ0) is 21.7. The fraction of sp³-hybridized carbons (Fsp3) is 0.308. The zero-order valence-corrected chi connectivity index (χ0v) is 18.0. The number of rotatable bonds is 8. The first-order chi connectivity index (χ1) is 15.2. The van der Waals surface area contributed by atoms with E-state index in [1.165, 1.54) is 0 Å². The molecule has 1 heterocycles. The van der Waals surface area contributed by atoms with Crippen LogP contribution in [0.4, 0.5) is 0 Å². The van der Waals surface area contributed by atoms with Crippen LogP contribution in [0.15, 0.2) is 78.9 Å². The average molecular weight is 420 g/mol. The molecule has 0 bridgehead atoms. The van der Waals surface area contributed by atoms with E-state index in [1.807, 2.05) is 66.7 Å². The molecule has 5 heteroatoms. The summed E-state index contributed by atoms with van der Waals surface area (Å²) in [5.41, 5.74) is 2.21.